The summed E-state index contributed by atoms with van der Waals surface area (Å²) in [4.78, 5) is 14.5. The van der Waals surface area contributed by atoms with E-state index >= 15 is 0 Å². The van der Waals surface area contributed by atoms with Crippen LogP contribution in [0.5, 0.6) is 0 Å². The quantitative estimate of drug-likeness (QED) is 0.301. The molecule has 2 heterocycles. The van der Waals surface area contributed by atoms with Gasteiger partial charge in [0.1, 0.15) is 0 Å². The first kappa shape index (κ1) is 21.8. The molecule has 32 heavy (non-hydrogen) atoms. The Morgan fingerprint density at radius 1 is 1.19 bits per heavy atom. The van der Waals surface area contributed by atoms with Crippen LogP contribution in [0.15, 0.2) is 66.3 Å². The van der Waals surface area contributed by atoms with Gasteiger partial charge >= 0.3 is 6.18 Å². The zero-order valence-electron chi connectivity index (χ0n) is 16.4. The molecule has 1 atom stereocenters. The summed E-state index contributed by atoms with van der Waals surface area (Å²) in [7, 11) is 0. The summed E-state index contributed by atoms with van der Waals surface area (Å²) in [5.41, 5.74) is -2.90. The van der Waals surface area contributed by atoms with E-state index in [2.05, 4.69) is 10.3 Å². The number of fused-ring (bicyclic) bond motifs is 1. The van der Waals surface area contributed by atoms with Gasteiger partial charge in [-0.1, -0.05) is 30.3 Å². The van der Waals surface area contributed by atoms with E-state index in [0.29, 0.717) is 0 Å². The van der Waals surface area contributed by atoms with E-state index in [0.717, 1.165) is 23.0 Å². The van der Waals surface area contributed by atoms with E-state index in [1.165, 1.54) is 29.1 Å². The van der Waals surface area contributed by atoms with E-state index in [4.69, 9.17) is 0 Å². The molecular formula is C21H17F3N4O3S. The van der Waals surface area contributed by atoms with Gasteiger partial charge in [0.05, 0.1) is 17.0 Å². The minimum absolute atomic E-state index is 0.0762. The first-order valence-electron chi connectivity index (χ1n) is 9.43. The molecule has 1 unspecified atom stereocenters. The van der Waals surface area contributed by atoms with E-state index in [1.54, 1.807) is 35.7 Å². The number of aliphatic hydroxyl groups is 1. The number of rotatable bonds is 7. The van der Waals surface area contributed by atoms with Crippen LogP contribution >= 0.6 is 11.3 Å². The third-order valence-corrected chi connectivity index (χ3v) is 5.85. The monoisotopic (exact) mass is 462 g/mol. The fourth-order valence-corrected chi connectivity index (χ4v) is 4.02. The number of nitrogens with one attached hydrogen (secondary N) is 1. The second kappa shape index (κ2) is 8.24. The van der Waals surface area contributed by atoms with Crippen molar-refractivity contribution in [3.8, 4) is 0 Å². The highest BCUT2D eigenvalue weighted by molar-refractivity contribution is 7.13. The molecule has 0 saturated carbocycles. The van der Waals surface area contributed by atoms with Gasteiger partial charge in [0.25, 0.3) is 5.69 Å². The molecular weight excluding hydrogens is 445 g/mol. The smallest absolute Gasteiger partial charge is 0.375 e. The molecule has 2 aromatic carbocycles. The summed E-state index contributed by atoms with van der Waals surface area (Å²) < 4.78 is 44.0. The molecule has 0 amide bonds. The van der Waals surface area contributed by atoms with Crippen molar-refractivity contribution < 1.29 is 23.2 Å². The Kier molecular flexibility index (Phi) is 5.61. The van der Waals surface area contributed by atoms with Crippen molar-refractivity contribution in [3.63, 3.8) is 0 Å². The summed E-state index contributed by atoms with van der Waals surface area (Å²) in [5.74, 6) is 0. The maximum atomic E-state index is 14.2. The molecule has 11 heteroatoms. The number of nitro groups is 1. The summed E-state index contributed by atoms with van der Waals surface area (Å²) in [5, 5.41) is 26.6. The fraction of sp³-hybridized carbons (Fsp3) is 0.190. The van der Waals surface area contributed by atoms with Crippen LogP contribution in [0, 0.1) is 10.1 Å². The molecule has 0 aliphatic heterocycles. The molecule has 2 aromatic heterocycles. The average Bonchev–Trinajstić information content (AvgIpc) is 3.40. The van der Waals surface area contributed by atoms with Crippen molar-refractivity contribution in [3.05, 3.63) is 87.5 Å². The number of benzene rings is 2. The lowest BCUT2D eigenvalue weighted by Gasteiger charge is -2.30. The molecule has 7 nitrogen and oxygen atoms in total. The molecule has 0 aliphatic carbocycles. The predicted molar refractivity (Wildman–Crippen MR) is 115 cm³/mol. The molecule has 0 saturated heterocycles. The molecule has 166 valence electrons. The lowest BCUT2D eigenvalue weighted by Crippen LogP contribution is -2.47. The lowest BCUT2D eigenvalue weighted by atomic mass is 9.92. The van der Waals surface area contributed by atoms with Crippen molar-refractivity contribution in [2.45, 2.75) is 18.3 Å². The Morgan fingerprint density at radius 3 is 2.56 bits per heavy atom. The second-order valence-electron chi connectivity index (χ2n) is 7.16. The Bertz CT molecular complexity index is 1240. The maximum Gasteiger partial charge on any atom is 0.423 e. The first-order valence-corrected chi connectivity index (χ1v) is 10.3. The number of non-ortho nitro benzene ring substituents is 1. The first-order chi connectivity index (χ1) is 15.2. The normalized spacial score (nSPS) is 13.8. The van der Waals surface area contributed by atoms with Crippen molar-refractivity contribution in [1.82, 2.24) is 9.55 Å². The van der Waals surface area contributed by atoms with Crippen LogP contribution in [-0.4, -0.2) is 32.3 Å². The summed E-state index contributed by atoms with van der Waals surface area (Å²) in [6.07, 6.45) is -2.38. The predicted octanol–water partition coefficient (Wildman–Crippen LogP) is 4.92. The van der Waals surface area contributed by atoms with Gasteiger partial charge < -0.3 is 15.0 Å². The molecule has 0 bridgehead atoms. The topological polar surface area (TPSA) is 93.2 Å². The molecule has 2 N–H and O–H groups in total. The van der Waals surface area contributed by atoms with Gasteiger partial charge in [0, 0.05) is 47.4 Å². The SMILES string of the molecule is O=[N+]([O-])c1ccc2c(C(O)(CNc3nccs3)C(F)(F)F)cn(Cc3ccccc3)c2c1. The minimum Gasteiger partial charge on any atom is -0.375 e. The number of hydrogen-bond donors (Lipinski definition) is 2. The Labute approximate surface area is 183 Å². The lowest BCUT2D eigenvalue weighted by molar-refractivity contribution is -0.384. The van der Waals surface area contributed by atoms with Gasteiger partial charge in [-0.05, 0) is 11.6 Å². The zero-order valence-corrected chi connectivity index (χ0v) is 17.2. The number of halogens is 3. The van der Waals surface area contributed by atoms with Gasteiger partial charge in [-0.25, -0.2) is 4.98 Å². The molecule has 0 aliphatic rings. The number of anilines is 1. The van der Waals surface area contributed by atoms with E-state index in [-0.39, 0.29) is 28.3 Å². The standard InChI is InChI=1S/C21H17F3N4O3S/c22-21(23,24)20(29,13-26-19-25-8-9-32-19)17-12-27(11-14-4-2-1-3-5-14)18-10-15(28(30)31)6-7-16(17)18/h1-10,12,29H,11,13H2,(H,25,26). The molecule has 0 spiro atoms. The van der Waals surface area contributed by atoms with Gasteiger partial charge in [-0.3, -0.25) is 10.1 Å². The second-order valence-corrected chi connectivity index (χ2v) is 8.06. The van der Waals surface area contributed by atoms with Gasteiger partial charge in [-0.15, -0.1) is 11.3 Å². The molecule has 0 fully saturated rings. The van der Waals surface area contributed by atoms with Crippen LogP contribution in [0.4, 0.5) is 24.0 Å². The van der Waals surface area contributed by atoms with Crippen molar-refractivity contribution in [1.29, 1.82) is 0 Å². The third-order valence-electron chi connectivity index (χ3n) is 5.11. The Hall–Kier alpha value is -3.44. The highest BCUT2D eigenvalue weighted by Crippen LogP contribution is 2.43. The van der Waals surface area contributed by atoms with Gasteiger partial charge in [0.2, 0.25) is 5.60 Å². The van der Waals surface area contributed by atoms with Gasteiger partial charge in [-0.2, -0.15) is 13.2 Å². The molecule has 4 aromatic rings. The van der Waals surface area contributed by atoms with Crippen molar-refractivity contribution in [2.24, 2.45) is 0 Å². The summed E-state index contributed by atoms with van der Waals surface area (Å²) in [6.45, 7) is -0.697. The van der Waals surface area contributed by atoms with Crippen molar-refractivity contribution in [2.75, 3.05) is 11.9 Å². The maximum absolute atomic E-state index is 14.2. The highest BCUT2D eigenvalue weighted by Gasteiger charge is 2.56. The van der Waals surface area contributed by atoms with E-state index in [1.807, 2.05) is 0 Å². The number of aromatic nitrogens is 2. The van der Waals surface area contributed by atoms with Crippen LogP contribution in [0.2, 0.25) is 0 Å². The highest BCUT2D eigenvalue weighted by atomic mass is 32.1. The number of hydrogen-bond acceptors (Lipinski definition) is 6. The van der Waals surface area contributed by atoms with Crippen LogP contribution < -0.4 is 5.32 Å². The number of thiazole rings is 1. The minimum atomic E-state index is -5.02. The molecule has 0 radical (unpaired) electrons. The summed E-state index contributed by atoms with van der Waals surface area (Å²) in [6, 6.07) is 12.6. The molecule has 4 rings (SSSR count). The van der Waals surface area contributed by atoms with E-state index in [9.17, 15) is 28.4 Å². The largest absolute Gasteiger partial charge is 0.423 e. The van der Waals surface area contributed by atoms with Gasteiger partial charge in [0.15, 0.2) is 5.13 Å². The fourth-order valence-electron chi connectivity index (χ4n) is 3.50. The number of nitro benzene ring substituents is 1. The van der Waals surface area contributed by atoms with Crippen LogP contribution in [0.3, 0.4) is 0 Å². The van der Waals surface area contributed by atoms with E-state index < -0.39 is 28.8 Å². The Morgan fingerprint density at radius 2 is 1.94 bits per heavy atom. The number of alkyl halides is 3. The van der Waals surface area contributed by atoms with Crippen LogP contribution in [0.25, 0.3) is 10.9 Å². The Balaban J connectivity index is 1.86. The number of nitrogens with zero attached hydrogens (tertiary/aromatic N) is 3. The zero-order chi connectivity index (χ0) is 22.9. The van der Waals surface area contributed by atoms with Crippen LogP contribution in [-0.2, 0) is 12.1 Å². The van der Waals surface area contributed by atoms with Crippen LogP contribution in [0.1, 0.15) is 11.1 Å². The third kappa shape index (κ3) is 4.04. The summed E-state index contributed by atoms with van der Waals surface area (Å²) >= 11 is 1.10. The average molecular weight is 462 g/mol. The van der Waals surface area contributed by atoms with Crippen molar-refractivity contribution >= 4 is 33.1 Å².